The third-order valence-electron chi connectivity index (χ3n) is 5.31. The predicted octanol–water partition coefficient (Wildman–Crippen LogP) is 3.18. The van der Waals surface area contributed by atoms with Gasteiger partial charge in [0.25, 0.3) is 0 Å². The number of piperidine rings is 1. The summed E-state index contributed by atoms with van der Waals surface area (Å²) in [5.74, 6) is -0.312. The van der Waals surface area contributed by atoms with Gasteiger partial charge in [-0.25, -0.2) is 4.39 Å². The van der Waals surface area contributed by atoms with E-state index in [-0.39, 0.29) is 23.5 Å². The Balaban J connectivity index is 1.39. The Labute approximate surface area is 170 Å². The fraction of sp³-hybridized carbons (Fsp3) is 0.348. The van der Waals surface area contributed by atoms with Gasteiger partial charge in [0.1, 0.15) is 5.82 Å². The number of hydrogen-bond donors (Lipinski definition) is 1. The quantitative estimate of drug-likeness (QED) is 0.819. The summed E-state index contributed by atoms with van der Waals surface area (Å²) in [6, 6.07) is 15.4. The fourth-order valence-corrected chi connectivity index (χ4v) is 3.48. The number of nitriles is 1. The first-order chi connectivity index (χ1) is 14.0. The molecule has 3 rings (SSSR count). The van der Waals surface area contributed by atoms with Crippen LogP contribution in [-0.2, 0) is 22.6 Å². The van der Waals surface area contributed by atoms with E-state index in [0.717, 1.165) is 11.1 Å². The molecule has 2 aromatic carbocycles. The maximum absolute atomic E-state index is 12.9. The summed E-state index contributed by atoms with van der Waals surface area (Å²) in [5, 5.41) is 11.7. The normalized spacial score (nSPS) is 14.3. The Morgan fingerprint density at radius 2 is 1.66 bits per heavy atom. The average Bonchev–Trinajstić information content (AvgIpc) is 2.77. The van der Waals surface area contributed by atoms with Crippen LogP contribution >= 0.6 is 0 Å². The lowest BCUT2D eigenvalue weighted by molar-refractivity contribution is -0.135. The zero-order chi connectivity index (χ0) is 20.6. The Kier molecular flexibility index (Phi) is 6.96. The molecule has 0 saturated carbocycles. The highest BCUT2D eigenvalue weighted by Gasteiger charge is 2.26. The van der Waals surface area contributed by atoms with Gasteiger partial charge in [-0.15, -0.1) is 0 Å². The van der Waals surface area contributed by atoms with E-state index in [4.69, 9.17) is 5.26 Å². The number of amides is 2. The van der Waals surface area contributed by atoms with Gasteiger partial charge in [-0.2, -0.15) is 5.26 Å². The lowest BCUT2D eigenvalue weighted by Crippen LogP contribution is -2.43. The molecule has 1 saturated heterocycles. The maximum atomic E-state index is 12.9. The minimum absolute atomic E-state index is 0.0148. The first-order valence-electron chi connectivity index (χ1n) is 9.84. The lowest BCUT2D eigenvalue weighted by atomic mass is 9.95. The van der Waals surface area contributed by atoms with E-state index in [2.05, 4.69) is 11.4 Å². The van der Waals surface area contributed by atoms with Crippen LogP contribution in [0, 0.1) is 23.1 Å². The van der Waals surface area contributed by atoms with Gasteiger partial charge in [0.05, 0.1) is 11.6 Å². The molecule has 1 heterocycles. The molecule has 150 valence electrons. The van der Waals surface area contributed by atoms with Crippen molar-refractivity contribution < 1.29 is 14.0 Å². The van der Waals surface area contributed by atoms with Gasteiger partial charge >= 0.3 is 0 Å². The second-order valence-corrected chi connectivity index (χ2v) is 7.31. The van der Waals surface area contributed by atoms with Gasteiger partial charge in [0.2, 0.25) is 11.8 Å². The van der Waals surface area contributed by atoms with E-state index in [9.17, 15) is 14.0 Å². The number of rotatable bonds is 6. The summed E-state index contributed by atoms with van der Waals surface area (Å²) in [6.45, 7) is 1.55. The Bertz CT molecular complexity index is 880. The Hall–Kier alpha value is -3.20. The largest absolute Gasteiger partial charge is 0.352 e. The van der Waals surface area contributed by atoms with E-state index >= 15 is 0 Å². The van der Waals surface area contributed by atoms with Crippen molar-refractivity contribution in [3.8, 4) is 6.07 Å². The minimum Gasteiger partial charge on any atom is -0.352 e. The molecule has 0 aliphatic carbocycles. The smallest absolute Gasteiger partial charge is 0.223 e. The van der Waals surface area contributed by atoms with Crippen LogP contribution in [0.1, 0.15) is 36.0 Å². The van der Waals surface area contributed by atoms with Crippen LogP contribution in [0.15, 0.2) is 48.5 Å². The van der Waals surface area contributed by atoms with Gasteiger partial charge in [0, 0.05) is 32.0 Å². The van der Waals surface area contributed by atoms with E-state index in [1.807, 2.05) is 17.0 Å². The topological polar surface area (TPSA) is 73.2 Å². The standard InChI is InChI=1S/C23H24FN3O2/c24-21-8-5-19(6-9-21)16-26-23(29)20-11-13-27(14-12-20)22(28)10-7-17-1-3-18(15-25)4-2-17/h1-6,8-9,20H,7,10-14,16H2,(H,26,29). The van der Waals surface area contributed by atoms with E-state index in [0.29, 0.717) is 50.9 Å². The van der Waals surface area contributed by atoms with Gasteiger partial charge in [0.15, 0.2) is 0 Å². The van der Waals surface area contributed by atoms with Crippen LogP contribution in [0.5, 0.6) is 0 Å². The van der Waals surface area contributed by atoms with Gasteiger partial charge in [-0.05, 0) is 54.7 Å². The molecular formula is C23H24FN3O2. The Morgan fingerprint density at radius 3 is 2.28 bits per heavy atom. The van der Waals surface area contributed by atoms with Crippen molar-refractivity contribution in [1.29, 1.82) is 5.26 Å². The van der Waals surface area contributed by atoms with Gasteiger partial charge in [-0.3, -0.25) is 9.59 Å². The summed E-state index contributed by atoms with van der Waals surface area (Å²) < 4.78 is 12.9. The number of likely N-dealkylation sites (tertiary alicyclic amines) is 1. The first kappa shape index (κ1) is 20.5. The lowest BCUT2D eigenvalue weighted by Gasteiger charge is -2.31. The van der Waals surface area contributed by atoms with Crippen molar-refractivity contribution in [2.45, 2.75) is 32.2 Å². The van der Waals surface area contributed by atoms with Gasteiger partial charge in [-0.1, -0.05) is 24.3 Å². The van der Waals surface area contributed by atoms with Crippen LogP contribution in [0.25, 0.3) is 0 Å². The number of hydrogen-bond acceptors (Lipinski definition) is 3. The van der Waals surface area contributed by atoms with Crippen LogP contribution < -0.4 is 5.32 Å². The SMILES string of the molecule is N#Cc1ccc(CCC(=O)N2CCC(C(=O)NCc3ccc(F)cc3)CC2)cc1. The molecule has 1 fully saturated rings. The highest BCUT2D eigenvalue weighted by molar-refractivity contribution is 5.80. The summed E-state index contributed by atoms with van der Waals surface area (Å²) in [5.41, 5.74) is 2.50. The van der Waals surface area contributed by atoms with Gasteiger partial charge < -0.3 is 10.2 Å². The summed E-state index contributed by atoms with van der Waals surface area (Å²) in [4.78, 5) is 26.6. The number of halogens is 1. The van der Waals surface area contributed by atoms with E-state index < -0.39 is 0 Å². The molecule has 0 spiro atoms. The molecule has 0 atom stereocenters. The number of carbonyl (C=O) groups excluding carboxylic acids is 2. The average molecular weight is 393 g/mol. The number of nitrogens with zero attached hydrogens (tertiary/aromatic N) is 2. The number of nitrogens with one attached hydrogen (secondary N) is 1. The van der Waals surface area contributed by atoms with Crippen molar-refractivity contribution in [1.82, 2.24) is 10.2 Å². The van der Waals surface area contributed by atoms with Crippen LogP contribution in [0.2, 0.25) is 0 Å². The third kappa shape index (κ3) is 5.89. The van der Waals surface area contributed by atoms with Crippen LogP contribution in [0.4, 0.5) is 4.39 Å². The molecule has 6 heteroatoms. The fourth-order valence-electron chi connectivity index (χ4n) is 3.48. The second-order valence-electron chi connectivity index (χ2n) is 7.31. The van der Waals surface area contributed by atoms with Crippen LogP contribution in [0.3, 0.4) is 0 Å². The third-order valence-corrected chi connectivity index (χ3v) is 5.31. The van der Waals surface area contributed by atoms with Crippen LogP contribution in [-0.4, -0.2) is 29.8 Å². The molecule has 2 amide bonds. The zero-order valence-electron chi connectivity index (χ0n) is 16.2. The molecule has 1 aliphatic rings. The molecule has 29 heavy (non-hydrogen) atoms. The van der Waals surface area contributed by atoms with Crippen molar-refractivity contribution in [3.05, 3.63) is 71.0 Å². The molecule has 1 N–H and O–H groups in total. The predicted molar refractivity (Wildman–Crippen MR) is 107 cm³/mol. The summed E-state index contributed by atoms with van der Waals surface area (Å²) in [7, 11) is 0. The van der Waals surface area contributed by atoms with E-state index in [1.165, 1.54) is 12.1 Å². The zero-order valence-corrected chi connectivity index (χ0v) is 16.2. The summed E-state index contributed by atoms with van der Waals surface area (Å²) >= 11 is 0. The molecule has 2 aromatic rings. The van der Waals surface area contributed by atoms with Crippen molar-refractivity contribution in [2.75, 3.05) is 13.1 Å². The second kappa shape index (κ2) is 9.83. The molecule has 0 bridgehead atoms. The molecular weight excluding hydrogens is 369 g/mol. The molecule has 5 nitrogen and oxygen atoms in total. The monoisotopic (exact) mass is 393 g/mol. The number of aryl methyl sites for hydroxylation is 1. The van der Waals surface area contributed by atoms with Crippen molar-refractivity contribution in [2.24, 2.45) is 5.92 Å². The van der Waals surface area contributed by atoms with Crippen molar-refractivity contribution in [3.63, 3.8) is 0 Å². The first-order valence-corrected chi connectivity index (χ1v) is 9.84. The number of benzene rings is 2. The molecule has 1 aliphatic heterocycles. The highest BCUT2D eigenvalue weighted by atomic mass is 19.1. The van der Waals surface area contributed by atoms with Crippen molar-refractivity contribution >= 4 is 11.8 Å². The minimum atomic E-state index is -0.295. The highest BCUT2D eigenvalue weighted by Crippen LogP contribution is 2.19. The summed E-state index contributed by atoms with van der Waals surface area (Å²) in [6.07, 6.45) is 2.37. The Morgan fingerprint density at radius 1 is 1.03 bits per heavy atom. The molecule has 0 unspecified atom stereocenters. The maximum Gasteiger partial charge on any atom is 0.223 e. The van der Waals surface area contributed by atoms with E-state index in [1.54, 1.807) is 24.3 Å². The number of carbonyl (C=O) groups is 2. The molecule has 0 aromatic heterocycles. The molecule has 0 radical (unpaired) electrons.